The van der Waals surface area contributed by atoms with Crippen molar-refractivity contribution in [2.45, 2.75) is 6.92 Å². The van der Waals surface area contributed by atoms with Gasteiger partial charge in [-0.15, -0.1) is 0 Å². The van der Waals surface area contributed by atoms with Crippen molar-refractivity contribution in [3.63, 3.8) is 0 Å². The third-order valence-corrected chi connectivity index (χ3v) is 4.86. The molecule has 2 aliphatic heterocycles. The maximum atomic E-state index is 12.7. The summed E-state index contributed by atoms with van der Waals surface area (Å²) in [5.74, 6) is 0.0842. The molecule has 128 valence electrons. The van der Waals surface area contributed by atoms with E-state index in [0.29, 0.717) is 6.54 Å². The van der Waals surface area contributed by atoms with Crippen LogP contribution in [0.1, 0.15) is 18.1 Å². The van der Waals surface area contributed by atoms with E-state index in [1.54, 1.807) is 0 Å². The van der Waals surface area contributed by atoms with Gasteiger partial charge in [-0.2, -0.15) is 0 Å². The Labute approximate surface area is 148 Å². The van der Waals surface area contributed by atoms with E-state index in [9.17, 15) is 4.79 Å². The molecule has 25 heavy (non-hydrogen) atoms. The molecule has 2 heterocycles. The predicted octanol–water partition coefficient (Wildman–Crippen LogP) is 3.43. The molecule has 0 saturated carbocycles. The topological polar surface area (TPSA) is 32.8 Å². The Morgan fingerprint density at radius 2 is 1.76 bits per heavy atom. The van der Waals surface area contributed by atoms with Gasteiger partial charge >= 0.3 is 0 Å². The Morgan fingerprint density at radius 1 is 1.04 bits per heavy atom. The van der Waals surface area contributed by atoms with Gasteiger partial charge in [-0.05, 0) is 36.8 Å². The van der Waals surface area contributed by atoms with Crippen molar-refractivity contribution in [2.75, 3.05) is 42.6 Å². The molecule has 1 amide bonds. The van der Waals surface area contributed by atoms with Gasteiger partial charge in [-0.25, -0.2) is 0 Å². The number of morpholine rings is 1. The molecular formula is C21H22N2O2. The number of rotatable bonds is 3. The zero-order valence-corrected chi connectivity index (χ0v) is 14.4. The SMILES string of the molecule is CCN1C(=O)/C(=C\c2ccc(N3CCOCC3)cc2)c2ccccc21. The van der Waals surface area contributed by atoms with Crippen molar-refractivity contribution >= 4 is 28.9 Å². The lowest BCUT2D eigenvalue weighted by Gasteiger charge is -2.28. The second-order valence-corrected chi connectivity index (χ2v) is 6.32. The highest BCUT2D eigenvalue weighted by atomic mass is 16.5. The average Bonchev–Trinajstić information content (AvgIpc) is 2.94. The van der Waals surface area contributed by atoms with E-state index >= 15 is 0 Å². The molecule has 0 unspecified atom stereocenters. The number of amides is 1. The number of para-hydroxylation sites is 1. The molecule has 0 bridgehead atoms. The summed E-state index contributed by atoms with van der Waals surface area (Å²) in [6, 6.07) is 16.4. The Hall–Kier alpha value is -2.59. The van der Waals surface area contributed by atoms with Crippen molar-refractivity contribution in [3.8, 4) is 0 Å². The Bertz CT molecular complexity index is 805. The summed E-state index contributed by atoms with van der Waals surface area (Å²) in [4.78, 5) is 16.9. The summed E-state index contributed by atoms with van der Waals surface area (Å²) in [6.45, 7) is 6.11. The van der Waals surface area contributed by atoms with Crippen LogP contribution in [-0.2, 0) is 9.53 Å². The zero-order chi connectivity index (χ0) is 17.2. The van der Waals surface area contributed by atoms with Crippen LogP contribution in [0.3, 0.4) is 0 Å². The smallest absolute Gasteiger partial charge is 0.258 e. The third-order valence-electron chi connectivity index (χ3n) is 4.86. The molecule has 1 fully saturated rings. The lowest BCUT2D eigenvalue weighted by molar-refractivity contribution is -0.112. The lowest BCUT2D eigenvalue weighted by Crippen LogP contribution is -2.36. The quantitative estimate of drug-likeness (QED) is 0.806. The molecule has 4 rings (SSSR count). The van der Waals surface area contributed by atoms with Gasteiger partial charge in [0.2, 0.25) is 0 Å². The third kappa shape index (κ3) is 2.94. The molecule has 4 nitrogen and oxygen atoms in total. The summed E-state index contributed by atoms with van der Waals surface area (Å²) in [5.41, 5.74) is 5.06. The maximum Gasteiger partial charge on any atom is 0.258 e. The number of likely N-dealkylation sites (N-methyl/N-ethyl adjacent to an activating group) is 1. The molecular weight excluding hydrogens is 312 g/mol. The molecule has 0 aliphatic carbocycles. The summed E-state index contributed by atoms with van der Waals surface area (Å²) in [7, 11) is 0. The fourth-order valence-electron chi connectivity index (χ4n) is 3.53. The van der Waals surface area contributed by atoms with Gasteiger partial charge in [0.05, 0.1) is 18.9 Å². The molecule has 2 aromatic carbocycles. The average molecular weight is 334 g/mol. The highest BCUT2D eigenvalue weighted by molar-refractivity contribution is 6.35. The fraction of sp³-hybridized carbons (Fsp3) is 0.286. The number of nitrogens with zero attached hydrogens (tertiary/aromatic N) is 2. The molecule has 0 spiro atoms. The Balaban J connectivity index is 1.63. The maximum absolute atomic E-state index is 12.7. The van der Waals surface area contributed by atoms with Gasteiger partial charge in [-0.3, -0.25) is 4.79 Å². The molecule has 4 heteroatoms. The molecule has 2 aromatic rings. The number of hydrogen-bond acceptors (Lipinski definition) is 3. The number of fused-ring (bicyclic) bond motifs is 1. The van der Waals surface area contributed by atoms with Crippen molar-refractivity contribution in [2.24, 2.45) is 0 Å². The summed E-state index contributed by atoms with van der Waals surface area (Å²) < 4.78 is 5.41. The van der Waals surface area contributed by atoms with Crippen molar-refractivity contribution in [3.05, 3.63) is 59.7 Å². The lowest BCUT2D eigenvalue weighted by atomic mass is 10.0. The highest BCUT2D eigenvalue weighted by Gasteiger charge is 2.30. The summed E-state index contributed by atoms with van der Waals surface area (Å²) in [6.07, 6.45) is 2.00. The van der Waals surface area contributed by atoms with Gasteiger partial charge < -0.3 is 14.5 Å². The number of hydrogen-bond donors (Lipinski definition) is 0. The monoisotopic (exact) mass is 334 g/mol. The van der Waals surface area contributed by atoms with E-state index in [1.807, 2.05) is 42.2 Å². The minimum absolute atomic E-state index is 0.0842. The Kier molecular flexibility index (Phi) is 4.28. The Morgan fingerprint density at radius 3 is 2.48 bits per heavy atom. The number of carbonyl (C=O) groups is 1. The van der Waals surface area contributed by atoms with Crippen LogP contribution in [0.15, 0.2) is 48.5 Å². The number of ether oxygens (including phenoxy) is 1. The highest BCUT2D eigenvalue weighted by Crippen LogP contribution is 2.37. The fourth-order valence-corrected chi connectivity index (χ4v) is 3.53. The van der Waals surface area contributed by atoms with Crippen molar-refractivity contribution in [1.82, 2.24) is 0 Å². The first-order valence-corrected chi connectivity index (χ1v) is 8.83. The van der Waals surface area contributed by atoms with Crippen LogP contribution >= 0.6 is 0 Å². The van der Waals surface area contributed by atoms with Crippen LogP contribution in [0, 0.1) is 0 Å². The number of carbonyl (C=O) groups excluding carboxylic acids is 1. The minimum atomic E-state index is 0.0842. The molecule has 0 aromatic heterocycles. The first kappa shape index (κ1) is 15.9. The van der Waals surface area contributed by atoms with Gasteiger partial charge in [0.25, 0.3) is 5.91 Å². The molecule has 0 radical (unpaired) electrons. The second-order valence-electron chi connectivity index (χ2n) is 6.32. The van der Waals surface area contributed by atoms with Gasteiger partial charge in [0.1, 0.15) is 0 Å². The first-order valence-electron chi connectivity index (χ1n) is 8.83. The van der Waals surface area contributed by atoms with E-state index in [-0.39, 0.29) is 5.91 Å². The van der Waals surface area contributed by atoms with Crippen LogP contribution in [0.2, 0.25) is 0 Å². The molecule has 0 atom stereocenters. The van der Waals surface area contributed by atoms with Gasteiger partial charge in [0.15, 0.2) is 0 Å². The standard InChI is InChI=1S/C21H22N2O2/c1-2-23-20-6-4-3-5-18(20)19(21(23)24)15-16-7-9-17(10-8-16)22-11-13-25-14-12-22/h3-10,15H,2,11-14H2,1H3/b19-15-. The van der Waals surface area contributed by atoms with Crippen LogP contribution in [0.5, 0.6) is 0 Å². The van der Waals surface area contributed by atoms with Crippen LogP contribution in [0.4, 0.5) is 11.4 Å². The number of benzene rings is 2. The molecule has 0 N–H and O–H groups in total. The number of anilines is 2. The molecule has 1 saturated heterocycles. The van der Waals surface area contributed by atoms with E-state index in [4.69, 9.17) is 4.74 Å². The van der Waals surface area contributed by atoms with Crippen molar-refractivity contribution < 1.29 is 9.53 Å². The predicted molar refractivity (Wildman–Crippen MR) is 102 cm³/mol. The normalized spacial score (nSPS) is 18.8. The largest absolute Gasteiger partial charge is 0.378 e. The summed E-state index contributed by atoms with van der Waals surface area (Å²) >= 11 is 0. The van der Waals surface area contributed by atoms with Crippen LogP contribution < -0.4 is 9.80 Å². The van der Waals surface area contributed by atoms with E-state index in [0.717, 1.165) is 48.7 Å². The van der Waals surface area contributed by atoms with E-state index in [2.05, 4.69) is 29.2 Å². The van der Waals surface area contributed by atoms with E-state index < -0.39 is 0 Å². The second kappa shape index (κ2) is 6.73. The van der Waals surface area contributed by atoms with Crippen LogP contribution in [0.25, 0.3) is 11.6 Å². The molecule has 2 aliphatic rings. The minimum Gasteiger partial charge on any atom is -0.378 e. The van der Waals surface area contributed by atoms with Gasteiger partial charge in [-0.1, -0.05) is 30.3 Å². The van der Waals surface area contributed by atoms with Crippen LogP contribution in [-0.4, -0.2) is 38.8 Å². The first-order chi connectivity index (χ1) is 12.3. The van der Waals surface area contributed by atoms with E-state index in [1.165, 1.54) is 5.69 Å². The van der Waals surface area contributed by atoms with Crippen molar-refractivity contribution in [1.29, 1.82) is 0 Å². The zero-order valence-electron chi connectivity index (χ0n) is 14.4. The van der Waals surface area contributed by atoms with Gasteiger partial charge in [0, 0.05) is 36.5 Å². The summed E-state index contributed by atoms with van der Waals surface area (Å²) in [5, 5.41) is 0.